The van der Waals surface area contributed by atoms with Gasteiger partial charge in [0.05, 0.1) is 0 Å². The zero-order valence-electron chi connectivity index (χ0n) is 9.53. The van der Waals surface area contributed by atoms with E-state index in [-0.39, 0.29) is 0 Å². The van der Waals surface area contributed by atoms with E-state index in [0.29, 0.717) is 12.3 Å². The molecule has 0 saturated carbocycles. The third kappa shape index (κ3) is 7.86. The van der Waals surface area contributed by atoms with Gasteiger partial charge in [0.25, 0.3) is 0 Å². The number of hydrogen-bond donors (Lipinski definition) is 2. The third-order valence-corrected chi connectivity index (χ3v) is 2.20. The third-order valence-electron chi connectivity index (χ3n) is 2.20. The highest BCUT2D eigenvalue weighted by atomic mass is 16.4. The van der Waals surface area contributed by atoms with Crippen LogP contribution in [-0.2, 0) is 0 Å². The van der Waals surface area contributed by atoms with Crippen LogP contribution < -0.4 is 5.73 Å². The van der Waals surface area contributed by atoms with Gasteiger partial charge in [-0.3, -0.25) is 0 Å². The molecule has 0 aliphatic heterocycles. The summed E-state index contributed by atoms with van der Waals surface area (Å²) >= 11 is 0. The van der Waals surface area contributed by atoms with Gasteiger partial charge in [0.2, 0.25) is 0 Å². The molecule has 0 spiro atoms. The van der Waals surface area contributed by atoms with E-state index in [2.05, 4.69) is 31.0 Å². The van der Waals surface area contributed by atoms with Gasteiger partial charge in [-0.1, -0.05) is 19.0 Å². The van der Waals surface area contributed by atoms with Gasteiger partial charge in [-0.05, 0) is 32.4 Å². The van der Waals surface area contributed by atoms with Crippen LogP contribution in [0.4, 0.5) is 0 Å². The second kappa shape index (κ2) is 7.62. The zero-order chi connectivity index (χ0) is 11.0. The van der Waals surface area contributed by atoms with Crippen LogP contribution in [0, 0.1) is 5.92 Å². The maximum absolute atomic E-state index is 8.34. The van der Waals surface area contributed by atoms with E-state index >= 15 is 0 Å². The van der Waals surface area contributed by atoms with Crippen LogP contribution in [0.2, 0.25) is 0 Å². The van der Waals surface area contributed by atoms with E-state index in [0.717, 1.165) is 19.0 Å². The minimum absolute atomic E-state index is 0.306. The molecular formula is C10H23N3O. The van der Waals surface area contributed by atoms with Gasteiger partial charge in [-0.15, -0.1) is 0 Å². The Morgan fingerprint density at radius 3 is 2.57 bits per heavy atom. The first-order valence-corrected chi connectivity index (χ1v) is 5.21. The van der Waals surface area contributed by atoms with Crippen LogP contribution in [0.3, 0.4) is 0 Å². The molecule has 4 heteroatoms. The Hall–Kier alpha value is -0.770. The highest BCUT2D eigenvalue weighted by Gasteiger charge is 2.01. The van der Waals surface area contributed by atoms with Gasteiger partial charge in [0.15, 0.2) is 0 Å². The smallest absolute Gasteiger partial charge is 0.140 e. The number of hydrogen-bond acceptors (Lipinski definition) is 3. The first kappa shape index (κ1) is 13.2. The molecule has 0 saturated heterocycles. The van der Waals surface area contributed by atoms with E-state index in [1.54, 1.807) is 0 Å². The molecule has 0 unspecified atom stereocenters. The minimum Gasteiger partial charge on any atom is -0.409 e. The minimum atomic E-state index is 0.306. The van der Waals surface area contributed by atoms with Crippen LogP contribution in [-0.4, -0.2) is 36.1 Å². The van der Waals surface area contributed by atoms with E-state index in [1.807, 2.05) is 0 Å². The van der Waals surface area contributed by atoms with E-state index in [1.165, 1.54) is 12.8 Å². The van der Waals surface area contributed by atoms with Crippen LogP contribution in [0.5, 0.6) is 0 Å². The van der Waals surface area contributed by atoms with Crippen molar-refractivity contribution in [3.63, 3.8) is 0 Å². The molecule has 0 aliphatic carbocycles. The lowest BCUT2D eigenvalue weighted by Gasteiger charge is -2.16. The van der Waals surface area contributed by atoms with Crippen molar-refractivity contribution < 1.29 is 5.21 Å². The van der Waals surface area contributed by atoms with Crippen molar-refractivity contribution in [3.05, 3.63) is 0 Å². The van der Waals surface area contributed by atoms with Crippen LogP contribution in [0.1, 0.15) is 33.1 Å². The molecule has 0 aromatic carbocycles. The average Bonchev–Trinajstić information content (AvgIpc) is 2.13. The summed E-state index contributed by atoms with van der Waals surface area (Å²) in [5.41, 5.74) is 5.37. The second-order valence-electron chi connectivity index (χ2n) is 4.18. The highest BCUT2D eigenvalue weighted by Crippen LogP contribution is 2.04. The Kier molecular flexibility index (Phi) is 7.20. The molecule has 14 heavy (non-hydrogen) atoms. The van der Waals surface area contributed by atoms with Gasteiger partial charge in [-0.25, -0.2) is 0 Å². The van der Waals surface area contributed by atoms with Crippen molar-refractivity contribution in [2.45, 2.75) is 33.1 Å². The predicted molar refractivity (Wildman–Crippen MR) is 59.6 cm³/mol. The fourth-order valence-corrected chi connectivity index (χ4v) is 1.24. The average molecular weight is 201 g/mol. The lowest BCUT2D eigenvalue weighted by atomic mass is 10.1. The Morgan fingerprint density at radius 2 is 2.07 bits per heavy atom. The monoisotopic (exact) mass is 201 g/mol. The normalized spacial score (nSPS) is 12.8. The van der Waals surface area contributed by atoms with E-state index < -0.39 is 0 Å². The molecule has 84 valence electrons. The molecule has 0 atom stereocenters. The molecule has 0 amide bonds. The molecule has 0 rings (SSSR count). The fraction of sp³-hybridized carbons (Fsp3) is 0.900. The Balaban J connectivity index is 3.41. The summed E-state index contributed by atoms with van der Waals surface area (Å²) < 4.78 is 0. The quantitative estimate of drug-likeness (QED) is 0.284. The fourth-order valence-electron chi connectivity index (χ4n) is 1.24. The summed E-state index contributed by atoms with van der Waals surface area (Å²) in [6, 6.07) is 0. The lowest BCUT2D eigenvalue weighted by molar-refractivity contribution is 0.307. The largest absolute Gasteiger partial charge is 0.409 e. The Labute approximate surface area is 86.8 Å². The Bertz CT molecular complexity index is 169. The second-order valence-corrected chi connectivity index (χ2v) is 4.18. The molecule has 0 heterocycles. The summed E-state index contributed by atoms with van der Waals surface area (Å²) in [5.74, 6) is 1.08. The predicted octanol–water partition coefficient (Wildman–Crippen LogP) is 1.49. The van der Waals surface area contributed by atoms with Crippen molar-refractivity contribution in [2.24, 2.45) is 16.8 Å². The van der Waals surface area contributed by atoms with Gasteiger partial charge >= 0.3 is 0 Å². The maximum Gasteiger partial charge on any atom is 0.140 e. The van der Waals surface area contributed by atoms with Gasteiger partial charge in [-0.2, -0.15) is 0 Å². The SMILES string of the molecule is CC(C)CCCN(C)CCC(N)=NO. The highest BCUT2D eigenvalue weighted by molar-refractivity contribution is 5.79. The van der Waals surface area contributed by atoms with Gasteiger partial charge < -0.3 is 15.8 Å². The van der Waals surface area contributed by atoms with E-state index in [4.69, 9.17) is 10.9 Å². The molecule has 3 N–H and O–H groups in total. The molecule has 0 bridgehead atoms. The van der Waals surface area contributed by atoms with Crippen molar-refractivity contribution in [2.75, 3.05) is 20.1 Å². The zero-order valence-corrected chi connectivity index (χ0v) is 9.53. The molecule has 0 fully saturated rings. The summed E-state index contributed by atoms with van der Waals surface area (Å²) in [6.07, 6.45) is 3.10. The summed E-state index contributed by atoms with van der Waals surface area (Å²) in [4.78, 5) is 2.21. The first-order chi connectivity index (χ1) is 6.56. The number of amidine groups is 1. The van der Waals surface area contributed by atoms with Crippen molar-refractivity contribution in [1.82, 2.24) is 4.90 Å². The number of oxime groups is 1. The first-order valence-electron chi connectivity index (χ1n) is 5.21. The standard InChI is InChI=1S/C10H23N3O/c1-9(2)5-4-7-13(3)8-6-10(11)12-14/h9,14H,4-8H2,1-3H3,(H2,11,12). The van der Waals surface area contributed by atoms with E-state index in [9.17, 15) is 0 Å². The summed E-state index contributed by atoms with van der Waals surface area (Å²) in [5, 5.41) is 11.3. The Morgan fingerprint density at radius 1 is 1.43 bits per heavy atom. The van der Waals surface area contributed by atoms with Crippen LogP contribution >= 0.6 is 0 Å². The van der Waals surface area contributed by atoms with Crippen LogP contribution in [0.25, 0.3) is 0 Å². The van der Waals surface area contributed by atoms with Gasteiger partial charge in [0, 0.05) is 13.0 Å². The van der Waals surface area contributed by atoms with Crippen molar-refractivity contribution in [3.8, 4) is 0 Å². The summed E-state index contributed by atoms with van der Waals surface area (Å²) in [6.45, 7) is 6.40. The van der Waals surface area contributed by atoms with Crippen LogP contribution in [0.15, 0.2) is 5.16 Å². The topological polar surface area (TPSA) is 61.8 Å². The number of nitrogens with zero attached hydrogens (tertiary/aromatic N) is 2. The molecule has 0 aromatic heterocycles. The van der Waals surface area contributed by atoms with Gasteiger partial charge in [0.1, 0.15) is 5.84 Å². The summed E-state index contributed by atoms with van der Waals surface area (Å²) in [7, 11) is 2.06. The number of nitrogens with two attached hydrogens (primary N) is 1. The number of rotatable bonds is 7. The molecular weight excluding hydrogens is 178 g/mol. The van der Waals surface area contributed by atoms with Crippen molar-refractivity contribution >= 4 is 5.84 Å². The lowest BCUT2D eigenvalue weighted by Crippen LogP contribution is -2.25. The molecule has 0 aromatic rings. The molecule has 0 aliphatic rings. The molecule has 0 radical (unpaired) electrons. The van der Waals surface area contributed by atoms with Crippen molar-refractivity contribution in [1.29, 1.82) is 0 Å². The molecule has 4 nitrogen and oxygen atoms in total. The maximum atomic E-state index is 8.34.